The summed E-state index contributed by atoms with van der Waals surface area (Å²) in [4.78, 5) is 11.7. The molecule has 0 fully saturated rings. The minimum absolute atomic E-state index is 0.0894. The number of anilines is 1. The van der Waals surface area contributed by atoms with E-state index in [1.807, 2.05) is 36.4 Å². The molecule has 0 aliphatic carbocycles. The largest absolute Gasteiger partial charge is 0.381 e. The molecule has 0 aromatic heterocycles. The number of carbonyl (C=O) groups excluding carboxylic acids is 1. The van der Waals surface area contributed by atoms with Gasteiger partial charge in [0.1, 0.15) is 0 Å². The van der Waals surface area contributed by atoms with Gasteiger partial charge in [0.15, 0.2) is 0 Å². The van der Waals surface area contributed by atoms with E-state index in [0.29, 0.717) is 12.1 Å². The third kappa shape index (κ3) is 4.76. The maximum Gasteiger partial charge on any atom is 0.251 e. The fourth-order valence-corrected chi connectivity index (χ4v) is 2.30. The van der Waals surface area contributed by atoms with Gasteiger partial charge < -0.3 is 10.6 Å². The van der Waals surface area contributed by atoms with E-state index in [2.05, 4.69) is 45.3 Å². The van der Waals surface area contributed by atoms with Crippen molar-refractivity contribution in [3.8, 4) is 0 Å². The maximum absolute atomic E-state index is 11.7. The summed E-state index contributed by atoms with van der Waals surface area (Å²) in [6.45, 7) is 4.78. The second kappa shape index (κ2) is 7.64. The molecule has 2 rings (SSSR count). The zero-order chi connectivity index (χ0) is 15.1. The number of benzene rings is 2. The Kier molecular flexibility index (Phi) is 5.58. The number of rotatable bonds is 6. The molecular formula is C17H17BrN2O. The first-order valence-electron chi connectivity index (χ1n) is 6.66. The van der Waals surface area contributed by atoms with Crippen LogP contribution in [0.5, 0.6) is 0 Å². The number of hydrogen-bond donors (Lipinski definition) is 2. The summed E-state index contributed by atoms with van der Waals surface area (Å²) in [6, 6.07) is 15.6. The minimum Gasteiger partial charge on any atom is -0.381 e. The first-order valence-corrected chi connectivity index (χ1v) is 7.46. The van der Waals surface area contributed by atoms with E-state index in [1.165, 1.54) is 5.56 Å². The van der Waals surface area contributed by atoms with Crippen LogP contribution in [0.4, 0.5) is 5.69 Å². The second-order valence-corrected chi connectivity index (χ2v) is 5.48. The molecule has 2 aromatic rings. The molecule has 2 aromatic carbocycles. The van der Waals surface area contributed by atoms with Gasteiger partial charge in [-0.2, -0.15) is 0 Å². The van der Waals surface area contributed by atoms with Gasteiger partial charge in [-0.25, -0.2) is 0 Å². The minimum atomic E-state index is -0.0894. The highest BCUT2D eigenvalue weighted by Gasteiger charge is 2.03. The molecule has 0 aliphatic heterocycles. The van der Waals surface area contributed by atoms with Gasteiger partial charge in [-0.1, -0.05) is 34.1 Å². The number of nitrogens with one attached hydrogen (secondary N) is 2. The van der Waals surface area contributed by atoms with E-state index in [4.69, 9.17) is 0 Å². The molecule has 0 atom stereocenters. The lowest BCUT2D eigenvalue weighted by molar-refractivity contribution is 0.0958. The summed E-state index contributed by atoms with van der Waals surface area (Å²) in [5.41, 5.74) is 2.82. The van der Waals surface area contributed by atoms with E-state index in [9.17, 15) is 4.79 Å². The third-order valence-electron chi connectivity index (χ3n) is 2.94. The predicted molar refractivity (Wildman–Crippen MR) is 90.4 cm³/mol. The highest BCUT2D eigenvalue weighted by molar-refractivity contribution is 9.10. The molecule has 0 unspecified atom stereocenters. The van der Waals surface area contributed by atoms with Gasteiger partial charge in [-0.3, -0.25) is 4.79 Å². The molecule has 0 saturated heterocycles. The Labute approximate surface area is 133 Å². The van der Waals surface area contributed by atoms with Gasteiger partial charge in [0.2, 0.25) is 0 Å². The summed E-state index contributed by atoms with van der Waals surface area (Å²) in [5, 5.41) is 6.08. The van der Waals surface area contributed by atoms with Crippen LogP contribution >= 0.6 is 15.9 Å². The van der Waals surface area contributed by atoms with Crippen molar-refractivity contribution < 1.29 is 4.79 Å². The molecule has 3 nitrogen and oxygen atoms in total. The first-order chi connectivity index (χ1) is 10.2. The SMILES string of the molecule is C=CCNC(=O)c1ccc(NCc2cccc(Br)c2)cc1. The Bertz CT molecular complexity index is 623. The van der Waals surface area contributed by atoms with Crippen molar-refractivity contribution >= 4 is 27.5 Å². The van der Waals surface area contributed by atoms with Crippen LogP contribution in [0.25, 0.3) is 0 Å². The van der Waals surface area contributed by atoms with Crippen LogP contribution in [0.15, 0.2) is 65.7 Å². The Hall–Kier alpha value is -2.07. The van der Waals surface area contributed by atoms with Crippen molar-refractivity contribution in [3.05, 3.63) is 76.8 Å². The fourth-order valence-electron chi connectivity index (χ4n) is 1.86. The summed E-state index contributed by atoms with van der Waals surface area (Å²) in [6.07, 6.45) is 1.66. The van der Waals surface area contributed by atoms with Crippen LogP contribution in [0, 0.1) is 0 Å². The standard InChI is InChI=1S/C17H17BrN2O/c1-2-10-19-17(21)14-6-8-16(9-7-14)20-12-13-4-3-5-15(18)11-13/h2-9,11,20H,1,10,12H2,(H,19,21). The highest BCUT2D eigenvalue weighted by atomic mass is 79.9. The van der Waals surface area contributed by atoms with Crippen molar-refractivity contribution in [2.24, 2.45) is 0 Å². The second-order valence-electron chi connectivity index (χ2n) is 4.56. The van der Waals surface area contributed by atoms with E-state index < -0.39 is 0 Å². The van der Waals surface area contributed by atoms with Crippen LogP contribution in [-0.2, 0) is 6.54 Å². The molecule has 1 amide bonds. The normalized spacial score (nSPS) is 9.95. The quantitative estimate of drug-likeness (QED) is 0.778. The lowest BCUT2D eigenvalue weighted by Gasteiger charge is -2.08. The van der Waals surface area contributed by atoms with Crippen molar-refractivity contribution in [2.45, 2.75) is 6.54 Å². The predicted octanol–water partition coefficient (Wildman–Crippen LogP) is 3.98. The average molecular weight is 345 g/mol. The van der Waals surface area contributed by atoms with E-state index >= 15 is 0 Å². The molecular weight excluding hydrogens is 328 g/mol. The molecule has 0 saturated carbocycles. The number of amides is 1. The Morgan fingerprint density at radius 1 is 1.19 bits per heavy atom. The van der Waals surface area contributed by atoms with Crippen molar-refractivity contribution in [1.82, 2.24) is 5.32 Å². The Morgan fingerprint density at radius 3 is 2.62 bits per heavy atom. The van der Waals surface area contributed by atoms with Gasteiger partial charge in [-0.05, 0) is 42.0 Å². The summed E-state index contributed by atoms with van der Waals surface area (Å²) in [5.74, 6) is -0.0894. The smallest absolute Gasteiger partial charge is 0.251 e. The van der Waals surface area contributed by atoms with Crippen molar-refractivity contribution in [1.29, 1.82) is 0 Å². The average Bonchev–Trinajstić information content (AvgIpc) is 2.51. The topological polar surface area (TPSA) is 41.1 Å². The lowest BCUT2D eigenvalue weighted by Crippen LogP contribution is -2.23. The fraction of sp³-hybridized carbons (Fsp3) is 0.118. The molecule has 0 radical (unpaired) electrons. The molecule has 108 valence electrons. The zero-order valence-electron chi connectivity index (χ0n) is 11.6. The molecule has 4 heteroatoms. The maximum atomic E-state index is 11.7. The number of halogens is 1. The monoisotopic (exact) mass is 344 g/mol. The van der Waals surface area contributed by atoms with Crippen molar-refractivity contribution in [2.75, 3.05) is 11.9 Å². The van der Waals surface area contributed by atoms with Crippen LogP contribution in [-0.4, -0.2) is 12.5 Å². The molecule has 0 aliphatic rings. The van der Waals surface area contributed by atoms with Gasteiger partial charge in [0.25, 0.3) is 5.91 Å². The molecule has 0 spiro atoms. The summed E-state index contributed by atoms with van der Waals surface area (Å²) >= 11 is 3.46. The van der Waals surface area contributed by atoms with Crippen LogP contribution in [0.2, 0.25) is 0 Å². The van der Waals surface area contributed by atoms with Gasteiger partial charge in [0, 0.05) is 28.8 Å². The van der Waals surface area contributed by atoms with E-state index in [0.717, 1.165) is 16.7 Å². The number of carbonyl (C=O) groups is 1. The third-order valence-corrected chi connectivity index (χ3v) is 3.43. The Balaban J connectivity index is 1.93. The van der Waals surface area contributed by atoms with E-state index in [-0.39, 0.29) is 5.91 Å². The Morgan fingerprint density at radius 2 is 1.95 bits per heavy atom. The zero-order valence-corrected chi connectivity index (χ0v) is 13.2. The van der Waals surface area contributed by atoms with Gasteiger partial charge in [-0.15, -0.1) is 6.58 Å². The van der Waals surface area contributed by atoms with Crippen molar-refractivity contribution in [3.63, 3.8) is 0 Å². The van der Waals surface area contributed by atoms with Gasteiger partial charge in [0.05, 0.1) is 0 Å². The highest BCUT2D eigenvalue weighted by Crippen LogP contribution is 2.14. The van der Waals surface area contributed by atoms with E-state index in [1.54, 1.807) is 6.08 Å². The summed E-state index contributed by atoms with van der Waals surface area (Å²) in [7, 11) is 0. The van der Waals surface area contributed by atoms with Crippen LogP contribution < -0.4 is 10.6 Å². The first kappa shape index (κ1) is 15.3. The number of hydrogen-bond acceptors (Lipinski definition) is 2. The molecule has 2 N–H and O–H groups in total. The molecule has 0 bridgehead atoms. The van der Waals surface area contributed by atoms with Gasteiger partial charge >= 0.3 is 0 Å². The molecule has 0 heterocycles. The van der Waals surface area contributed by atoms with Crippen LogP contribution in [0.3, 0.4) is 0 Å². The molecule has 21 heavy (non-hydrogen) atoms. The van der Waals surface area contributed by atoms with Crippen LogP contribution in [0.1, 0.15) is 15.9 Å². The summed E-state index contributed by atoms with van der Waals surface area (Å²) < 4.78 is 1.07. The lowest BCUT2D eigenvalue weighted by atomic mass is 10.2.